The van der Waals surface area contributed by atoms with Gasteiger partial charge in [-0.25, -0.2) is 4.39 Å². The van der Waals surface area contributed by atoms with Crippen LogP contribution < -0.4 is 4.90 Å². The van der Waals surface area contributed by atoms with Gasteiger partial charge < -0.3 is 9.80 Å². The van der Waals surface area contributed by atoms with E-state index in [4.69, 9.17) is 0 Å². The van der Waals surface area contributed by atoms with Crippen molar-refractivity contribution in [2.75, 3.05) is 31.1 Å². The minimum atomic E-state index is -0.292. The van der Waals surface area contributed by atoms with Crippen LogP contribution >= 0.6 is 12.2 Å². The number of isothiocyanates is 1. The van der Waals surface area contributed by atoms with E-state index in [0.29, 0.717) is 37.6 Å². The second-order valence-corrected chi connectivity index (χ2v) is 4.51. The second-order valence-electron chi connectivity index (χ2n) is 4.33. The number of anilines is 1. The van der Waals surface area contributed by atoms with Gasteiger partial charge in [0.2, 0.25) is 5.91 Å². The van der Waals surface area contributed by atoms with Gasteiger partial charge in [0.15, 0.2) is 0 Å². The predicted molar refractivity (Wildman–Crippen MR) is 75.6 cm³/mol. The van der Waals surface area contributed by atoms with Crippen LogP contribution in [0.3, 0.4) is 0 Å². The average molecular weight is 279 g/mol. The Morgan fingerprint density at radius 1 is 1.37 bits per heavy atom. The number of carbonyl (C=O) groups excluding carboxylic acids is 1. The Bertz CT molecular complexity index is 535. The third-order valence-corrected chi connectivity index (χ3v) is 3.26. The van der Waals surface area contributed by atoms with E-state index in [0.717, 1.165) is 0 Å². The minimum absolute atomic E-state index is 0.0548. The van der Waals surface area contributed by atoms with Crippen LogP contribution in [0, 0.1) is 5.82 Å². The number of nitrogens with zero attached hydrogens (tertiary/aromatic N) is 3. The molecule has 2 rings (SSSR count). The maximum Gasteiger partial charge on any atom is 0.219 e. The normalized spacial score (nSPS) is 15.1. The molecule has 0 atom stereocenters. The number of hydrogen-bond donors (Lipinski definition) is 0. The highest BCUT2D eigenvalue weighted by atomic mass is 32.1. The van der Waals surface area contributed by atoms with Gasteiger partial charge in [0, 0.05) is 33.1 Å². The number of rotatable bonds is 2. The van der Waals surface area contributed by atoms with Crippen molar-refractivity contribution in [2.45, 2.75) is 6.92 Å². The van der Waals surface area contributed by atoms with E-state index in [-0.39, 0.29) is 11.7 Å². The largest absolute Gasteiger partial charge is 0.366 e. The maximum atomic E-state index is 13.8. The first-order valence-corrected chi connectivity index (χ1v) is 6.40. The fraction of sp³-hybridized carbons (Fsp3) is 0.385. The first-order chi connectivity index (χ1) is 9.11. The molecule has 4 nitrogen and oxygen atoms in total. The summed E-state index contributed by atoms with van der Waals surface area (Å²) in [5, 5.41) is 2.27. The molecule has 1 heterocycles. The van der Waals surface area contributed by atoms with E-state index >= 15 is 0 Å². The summed E-state index contributed by atoms with van der Waals surface area (Å²) in [6.45, 7) is 3.98. The van der Waals surface area contributed by atoms with Gasteiger partial charge in [0.25, 0.3) is 0 Å². The van der Waals surface area contributed by atoms with Crippen molar-refractivity contribution >= 4 is 34.7 Å². The number of piperazine rings is 1. The van der Waals surface area contributed by atoms with E-state index < -0.39 is 0 Å². The van der Waals surface area contributed by atoms with Gasteiger partial charge in [-0.2, -0.15) is 4.99 Å². The number of hydrogen-bond acceptors (Lipinski definition) is 4. The molecule has 0 aliphatic carbocycles. The number of benzene rings is 1. The van der Waals surface area contributed by atoms with Crippen LogP contribution in [0.25, 0.3) is 0 Å². The van der Waals surface area contributed by atoms with Gasteiger partial charge in [-0.1, -0.05) is 0 Å². The zero-order valence-corrected chi connectivity index (χ0v) is 11.4. The summed E-state index contributed by atoms with van der Waals surface area (Å²) in [5.74, 6) is -0.237. The smallest absolute Gasteiger partial charge is 0.219 e. The molecular formula is C13H14FN3OS. The number of amides is 1. The van der Waals surface area contributed by atoms with Gasteiger partial charge in [0.05, 0.1) is 16.5 Å². The molecule has 0 unspecified atom stereocenters. The van der Waals surface area contributed by atoms with E-state index in [9.17, 15) is 9.18 Å². The molecule has 1 saturated heterocycles. The van der Waals surface area contributed by atoms with Crippen molar-refractivity contribution in [3.63, 3.8) is 0 Å². The van der Waals surface area contributed by atoms with Crippen LogP contribution in [0.5, 0.6) is 0 Å². The molecule has 1 aromatic carbocycles. The van der Waals surface area contributed by atoms with Crippen molar-refractivity contribution in [2.24, 2.45) is 4.99 Å². The van der Waals surface area contributed by atoms with Crippen molar-refractivity contribution in [1.82, 2.24) is 4.90 Å². The Morgan fingerprint density at radius 3 is 2.63 bits per heavy atom. The van der Waals surface area contributed by atoms with Gasteiger partial charge in [-0.3, -0.25) is 4.79 Å². The minimum Gasteiger partial charge on any atom is -0.366 e. The fourth-order valence-electron chi connectivity index (χ4n) is 2.13. The maximum absolute atomic E-state index is 13.8. The van der Waals surface area contributed by atoms with Crippen LogP contribution in [0.1, 0.15) is 6.92 Å². The van der Waals surface area contributed by atoms with Crippen LogP contribution in [-0.4, -0.2) is 42.1 Å². The lowest BCUT2D eigenvalue weighted by Gasteiger charge is -2.35. The second kappa shape index (κ2) is 5.91. The quantitative estimate of drug-likeness (QED) is 0.615. The number of halogens is 1. The Hall–Kier alpha value is -1.78. The lowest BCUT2D eigenvalue weighted by Crippen LogP contribution is -2.48. The van der Waals surface area contributed by atoms with Gasteiger partial charge in [-0.05, 0) is 30.4 Å². The SMILES string of the molecule is CC(=O)N1CCN(c2cc(N=C=S)ccc2F)CC1. The summed E-state index contributed by atoms with van der Waals surface area (Å²) in [6.07, 6.45) is 0. The molecule has 100 valence electrons. The predicted octanol–water partition coefficient (Wildman–Crippen LogP) is 2.23. The first-order valence-electron chi connectivity index (χ1n) is 5.99. The van der Waals surface area contributed by atoms with Crippen molar-refractivity contribution in [3.8, 4) is 0 Å². The molecule has 0 bridgehead atoms. The lowest BCUT2D eigenvalue weighted by molar-refractivity contribution is -0.129. The summed E-state index contributed by atoms with van der Waals surface area (Å²) < 4.78 is 13.8. The monoisotopic (exact) mass is 279 g/mol. The third kappa shape index (κ3) is 3.16. The molecule has 1 amide bonds. The van der Waals surface area contributed by atoms with E-state index in [1.807, 2.05) is 4.90 Å². The summed E-state index contributed by atoms with van der Waals surface area (Å²) in [7, 11) is 0. The highest BCUT2D eigenvalue weighted by molar-refractivity contribution is 7.78. The highest BCUT2D eigenvalue weighted by Crippen LogP contribution is 2.26. The number of aliphatic imine (C=N–C) groups is 1. The molecular weight excluding hydrogens is 265 g/mol. The average Bonchev–Trinajstić information content (AvgIpc) is 2.41. The molecule has 1 aliphatic rings. The molecule has 0 radical (unpaired) electrons. The van der Waals surface area contributed by atoms with Gasteiger partial charge >= 0.3 is 0 Å². The molecule has 0 spiro atoms. The summed E-state index contributed by atoms with van der Waals surface area (Å²) in [6, 6.07) is 4.58. The van der Waals surface area contributed by atoms with Crippen LogP contribution in [0.4, 0.5) is 15.8 Å². The molecule has 0 aromatic heterocycles. The Labute approximate surface area is 116 Å². The Morgan fingerprint density at radius 2 is 2.05 bits per heavy atom. The van der Waals surface area contributed by atoms with E-state index in [2.05, 4.69) is 22.4 Å². The fourth-order valence-corrected chi connectivity index (χ4v) is 2.23. The molecule has 0 N–H and O–H groups in total. The Kier molecular flexibility index (Phi) is 4.24. The summed E-state index contributed by atoms with van der Waals surface area (Å²) in [4.78, 5) is 18.8. The molecule has 0 saturated carbocycles. The van der Waals surface area contributed by atoms with Gasteiger partial charge in [-0.15, -0.1) is 0 Å². The molecule has 6 heteroatoms. The van der Waals surface area contributed by atoms with Crippen LogP contribution in [0.2, 0.25) is 0 Å². The van der Waals surface area contributed by atoms with E-state index in [1.54, 1.807) is 24.0 Å². The standard InChI is InChI=1S/C13H14FN3OS/c1-10(18)16-4-6-17(7-5-16)13-8-11(15-9-19)2-3-12(13)14/h2-3,8H,4-7H2,1H3. The molecule has 19 heavy (non-hydrogen) atoms. The van der Waals surface area contributed by atoms with Crippen molar-refractivity contribution < 1.29 is 9.18 Å². The van der Waals surface area contributed by atoms with E-state index in [1.165, 1.54) is 6.07 Å². The molecule has 1 aliphatic heterocycles. The topological polar surface area (TPSA) is 35.9 Å². The number of carbonyl (C=O) groups is 1. The summed E-state index contributed by atoms with van der Waals surface area (Å²) in [5.41, 5.74) is 1.08. The lowest BCUT2D eigenvalue weighted by atomic mass is 10.2. The van der Waals surface area contributed by atoms with Crippen molar-refractivity contribution in [3.05, 3.63) is 24.0 Å². The third-order valence-electron chi connectivity index (χ3n) is 3.17. The molecule has 1 fully saturated rings. The van der Waals surface area contributed by atoms with Crippen LogP contribution in [-0.2, 0) is 4.79 Å². The zero-order chi connectivity index (χ0) is 13.8. The van der Waals surface area contributed by atoms with Gasteiger partial charge in [0.1, 0.15) is 5.82 Å². The zero-order valence-electron chi connectivity index (χ0n) is 10.6. The first kappa shape index (κ1) is 13.6. The summed E-state index contributed by atoms with van der Waals surface area (Å²) >= 11 is 4.54. The van der Waals surface area contributed by atoms with Crippen molar-refractivity contribution in [1.29, 1.82) is 0 Å². The number of thiocarbonyl (C=S) groups is 1. The van der Waals surface area contributed by atoms with Crippen LogP contribution in [0.15, 0.2) is 23.2 Å². The Balaban J connectivity index is 2.16. The highest BCUT2D eigenvalue weighted by Gasteiger charge is 2.20. The molecule has 1 aromatic rings.